The van der Waals surface area contributed by atoms with Crippen LogP contribution in [0.2, 0.25) is 0 Å². The number of methoxy groups -OCH3 is 2. The molecule has 2 aromatic carbocycles. The molecule has 2 atom stereocenters. The lowest BCUT2D eigenvalue weighted by atomic mass is 9.98. The average molecular weight is 545 g/mol. The molecule has 10 heteroatoms. The number of esters is 4. The summed E-state index contributed by atoms with van der Waals surface area (Å²) >= 11 is 0. The van der Waals surface area contributed by atoms with E-state index in [1.54, 1.807) is 24.3 Å². The van der Waals surface area contributed by atoms with Gasteiger partial charge in [-0.05, 0) is 61.1 Å². The van der Waals surface area contributed by atoms with Gasteiger partial charge in [-0.3, -0.25) is 19.2 Å². The zero-order valence-electron chi connectivity index (χ0n) is 23.2. The summed E-state index contributed by atoms with van der Waals surface area (Å²) < 4.78 is 32.1. The van der Waals surface area contributed by atoms with Crippen LogP contribution in [0.25, 0.3) is 0 Å². The summed E-state index contributed by atoms with van der Waals surface area (Å²) in [6, 6.07) is 10.4. The quantitative estimate of drug-likeness (QED) is 0.250. The lowest BCUT2D eigenvalue weighted by Gasteiger charge is -2.24. The second-order valence-corrected chi connectivity index (χ2v) is 8.93. The number of hydrogen-bond acceptors (Lipinski definition) is 10. The molecule has 0 N–H and O–H groups in total. The Labute approximate surface area is 228 Å². The van der Waals surface area contributed by atoms with Gasteiger partial charge < -0.3 is 28.4 Å². The highest BCUT2D eigenvalue weighted by molar-refractivity contribution is 5.71. The third kappa shape index (κ3) is 11.1. The van der Waals surface area contributed by atoms with Crippen molar-refractivity contribution in [2.75, 3.05) is 14.2 Å². The van der Waals surface area contributed by atoms with E-state index in [4.69, 9.17) is 28.4 Å². The summed E-state index contributed by atoms with van der Waals surface area (Å²) in [5.41, 5.74) is 1.79. The second-order valence-electron chi connectivity index (χ2n) is 8.93. The fraction of sp³-hybridized carbons (Fsp3) is 0.448. The number of carbonyl (C=O) groups is 4. The molecule has 212 valence electrons. The molecule has 0 aliphatic rings. The molecule has 0 unspecified atom stereocenters. The van der Waals surface area contributed by atoms with Gasteiger partial charge in [-0.2, -0.15) is 0 Å². The topological polar surface area (TPSA) is 124 Å². The maximum absolute atomic E-state index is 11.8. The van der Waals surface area contributed by atoms with Crippen molar-refractivity contribution in [3.63, 3.8) is 0 Å². The number of ether oxygens (including phenoxy) is 6. The molecule has 0 radical (unpaired) electrons. The minimum atomic E-state index is -0.508. The fourth-order valence-corrected chi connectivity index (χ4v) is 4.08. The highest BCUT2D eigenvalue weighted by Crippen LogP contribution is 2.30. The molecule has 0 aromatic heterocycles. The van der Waals surface area contributed by atoms with Gasteiger partial charge in [0.1, 0.15) is 12.2 Å². The van der Waals surface area contributed by atoms with E-state index in [-0.39, 0.29) is 0 Å². The van der Waals surface area contributed by atoms with Crippen LogP contribution in [0.4, 0.5) is 0 Å². The van der Waals surface area contributed by atoms with E-state index in [0.29, 0.717) is 55.1 Å². The summed E-state index contributed by atoms with van der Waals surface area (Å²) in [4.78, 5) is 46.3. The average Bonchev–Trinajstić information content (AvgIpc) is 2.85. The van der Waals surface area contributed by atoms with Crippen LogP contribution in [0.5, 0.6) is 23.0 Å². The number of carbonyl (C=O) groups excluding carboxylic acids is 4. The Morgan fingerprint density at radius 3 is 1.28 bits per heavy atom. The molecule has 0 amide bonds. The molecule has 39 heavy (non-hydrogen) atoms. The molecule has 0 saturated heterocycles. The van der Waals surface area contributed by atoms with Crippen LogP contribution in [0.3, 0.4) is 0 Å². The molecular formula is C29H36O10. The smallest absolute Gasteiger partial charge is 0.308 e. The Hall–Kier alpha value is -4.08. The van der Waals surface area contributed by atoms with E-state index in [2.05, 4.69) is 0 Å². The molecule has 10 nitrogen and oxygen atoms in total. The van der Waals surface area contributed by atoms with Gasteiger partial charge in [0.05, 0.1) is 14.2 Å². The molecule has 2 rings (SSSR count). The predicted octanol–water partition coefficient (Wildman–Crippen LogP) is 4.37. The summed E-state index contributed by atoms with van der Waals surface area (Å²) in [7, 11) is 2.97. The lowest BCUT2D eigenvalue weighted by Crippen LogP contribution is -2.27. The fourth-order valence-electron chi connectivity index (χ4n) is 4.08. The van der Waals surface area contributed by atoms with Crippen LogP contribution in [0.15, 0.2) is 36.4 Å². The molecule has 0 saturated carbocycles. The Bertz CT molecular complexity index is 1070. The van der Waals surface area contributed by atoms with Gasteiger partial charge in [-0.25, -0.2) is 0 Å². The van der Waals surface area contributed by atoms with Crippen LogP contribution in [0.1, 0.15) is 58.1 Å². The Balaban J connectivity index is 2.11. The van der Waals surface area contributed by atoms with Crippen molar-refractivity contribution in [3.8, 4) is 23.0 Å². The standard InChI is InChI=1S/C29H36O10/c1-18(30)36-24(11-7-22-9-13-26(38-20(3)32)28(15-22)34-5)17-25(37-19(2)31)12-8-23-10-14-27(39-21(4)33)29(16-23)35-6/h9-10,13-16,24-25H,7-8,11-12,17H2,1-6H3/t24-,25-/m0/s1. The Morgan fingerprint density at radius 2 is 0.974 bits per heavy atom. The second kappa shape index (κ2) is 15.4. The van der Waals surface area contributed by atoms with Crippen LogP contribution in [-0.4, -0.2) is 50.3 Å². The van der Waals surface area contributed by atoms with E-state index in [0.717, 1.165) is 11.1 Å². The van der Waals surface area contributed by atoms with Gasteiger partial charge in [0, 0.05) is 34.1 Å². The number of rotatable bonds is 14. The Morgan fingerprint density at radius 1 is 0.590 bits per heavy atom. The van der Waals surface area contributed by atoms with Crippen molar-refractivity contribution in [1.29, 1.82) is 0 Å². The number of benzene rings is 2. The van der Waals surface area contributed by atoms with Crippen LogP contribution in [0, 0.1) is 0 Å². The van der Waals surface area contributed by atoms with Crippen LogP contribution < -0.4 is 18.9 Å². The van der Waals surface area contributed by atoms with E-state index in [1.807, 2.05) is 12.1 Å². The van der Waals surface area contributed by atoms with Crippen molar-refractivity contribution >= 4 is 23.9 Å². The maximum atomic E-state index is 11.8. The third-order valence-corrected chi connectivity index (χ3v) is 5.66. The molecule has 0 spiro atoms. The normalized spacial score (nSPS) is 12.1. The Kier molecular flexibility index (Phi) is 12.3. The van der Waals surface area contributed by atoms with Gasteiger partial charge in [-0.15, -0.1) is 0 Å². The minimum absolute atomic E-state index is 0.310. The first-order valence-corrected chi connectivity index (χ1v) is 12.6. The largest absolute Gasteiger partial charge is 0.493 e. The van der Waals surface area contributed by atoms with Gasteiger partial charge in [0.15, 0.2) is 23.0 Å². The van der Waals surface area contributed by atoms with Crippen LogP contribution >= 0.6 is 0 Å². The minimum Gasteiger partial charge on any atom is -0.493 e. The van der Waals surface area contributed by atoms with E-state index in [1.165, 1.54) is 41.9 Å². The molecule has 0 bridgehead atoms. The van der Waals surface area contributed by atoms with Crippen molar-refractivity contribution in [2.45, 2.75) is 72.0 Å². The van der Waals surface area contributed by atoms with E-state index >= 15 is 0 Å². The van der Waals surface area contributed by atoms with E-state index < -0.39 is 36.1 Å². The molecule has 2 aromatic rings. The number of aryl methyl sites for hydroxylation is 2. The highest BCUT2D eigenvalue weighted by Gasteiger charge is 2.22. The first-order valence-electron chi connectivity index (χ1n) is 12.6. The van der Waals surface area contributed by atoms with Gasteiger partial charge in [0.2, 0.25) is 0 Å². The monoisotopic (exact) mass is 544 g/mol. The zero-order chi connectivity index (χ0) is 28.9. The lowest BCUT2D eigenvalue weighted by molar-refractivity contribution is -0.153. The van der Waals surface area contributed by atoms with Crippen molar-refractivity contribution in [3.05, 3.63) is 47.5 Å². The summed E-state index contributed by atoms with van der Waals surface area (Å²) in [5.74, 6) is -0.308. The molecule has 0 aliphatic heterocycles. The predicted molar refractivity (Wildman–Crippen MR) is 141 cm³/mol. The summed E-state index contributed by atoms with van der Waals surface area (Å²) in [6.07, 6.45) is 1.31. The third-order valence-electron chi connectivity index (χ3n) is 5.66. The van der Waals surface area contributed by atoms with Gasteiger partial charge in [-0.1, -0.05) is 12.1 Å². The SMILES string of the molecule is COc1cc(CC[C@@H](C[C@H](CCc2ccc(OC(C)=O)c(OC)c2)OC(C)=O)OC(C)=O)ccc1OC(C)=O. The van der Waals surface area contributed by atoms with Crippen molar-refractivity contribution in [2.24, 2.45) is 0 Å². The first-order chi connectivity index (χ1) is 18.5. The molecule has 0 fully saturated rings. The molecule has 0 heterocycles. The first kappa shape index (κ1) is 31.1. The highest BCUT2D eigenvalue weighted by atomic mass is 16.6. The maximum Gasteiger partial charge on any atom is 0.308 e. The molecular weight excluding hydrogens is 508 g/mol. The van der Waals surface area contributed by atoms with Gasteiger partial charge in [0.25, 0.3) is 0 Å². The summed E-state index contributed by atoms with van der Waals surface area (Å²) in [5, 5.41) is 0. The van der Waals surface area contributed by atoms with Crippen LogP contribution in [-0.2, 0) is 41.5 Å². The van der Waals surface area contributed by atoms with E-state index in [9.17, 15) is 19.2 Å². The van der Waals surface area contributed by atoms with Gasteiger partial charge >= 0.3 is 23.9 Å². The molecule has 0 aliphatic carbocycles. The zero-order valence-corrected chi connectivity index (χ0v) is 23.2. The number of hydrogen-bond donors (Lipinski definition) is 0. The van der Waals surface area contributed by atoms with Crippen molar-refractivity contribution < 1.29 is 47.6 Å². The van der Waals surface area contributed by atoms with Crippen molar-refractivity contribution in [1.82, 2.24) is 0 Å². The summed E-state index contributed by atoms with van der Waals surface area (Å²) in [6.45, 7) is 5.29.